The van der Waals surface area contributed by atoms with Gasteiger partial charge in [0, 0.05) is 24.1 Å². The van der Waals surface area contributed by atoms with E-state index in [4.69, 9.17) is 9.47 Å². The lowest BCUT2D eigenvalue weighted by atomic mass is 10.2. The van der Waals surface area contributed by atoms with Crippen molar-refractivity contribution >= 4 is 27.6 Å². The Bertz CT molecular complexity index is 560. The van der Waals surface area contributed by atoms with Crippen LogP contribution in [0.15, 0.2) is 35.1 Å². The summed E-state index contributed by atoms with van der Waals surface area (Å²) in [5, 5.41) is 3.10. The first-order valence-corrected chi connectivity index (χ1v) is 6.25. The van der Waals surface area contributed by atoms with Gasteiger partial charge in [0.25, 0.3) is 0 Å². The topological polar surface area (TPSA) is 56.3 Å². The van der Waals surface area contributed by atoms with E-state index in [2.05, 4.69) is 31.2 Å². The van der Waals surface area contributed by atoms with Crippen molar-refractivity contribution in [3.05, 3.63) is 35.1 Å². The molecule has 2 heterocycles. The molecule has 1 aliphatic heterocycles. The van der Waals surface area contributed by atoms with Crippen molar-refractivity contribution in [3.8, 4) is 11.5 Å². The van der Waals surface area contributed by atoms with Crippen LogP contribution in [0.3, 0.4) is 0 Å². The molecule has 0 amide bonds. The van der Waals surface area contributed by atoms with E-state index in [0.717, 1.165) is 21.7 Å². The third-order valence-corrected chi connectivity index (χ3v) is 2.83. The van der Waals surface area contributed by atoms with Gasteiger partial charge in [0.15, 0.2) is 11.5 Å². The Labute approximate surface area is 112 Å². The molecule has 3 rings (SSSR count). The minimum absolute atomic E-state index is 0.537. The highest BCUT2D eigenvalue weighted by Gasteiger charge is 2.11. The van der Waals surface area contributed by atoms with Crippen molar-refractivity contribution in [1.29, 1.82) is 0 Å². The molecule has 0 saturated carbocycles. The third-order valence-electron chi connectivity index (χ3n) is 2.42. The number of halogens is 1. The van der Waals surface area contributed by atoms with E-state index in [1.54, 1.807) is 12.4 Å². The number of aromatic nitrogens is 2. The first-order chi connectivity index (χ1) is 8.81. The van der Waals surface area contributed by atoms with Crippen LogP contribution in [0.2, 0.25) is 0 Å². The van der Waals surface area contributed by atoms with Gasteiger partial charge in [0.1, 0.15) is 13.2 Å². The molecule has 1 aliphatic rings. The van der Waals surface area contributed by atoms with Crippen LogP contribution >= 0.6 is 15.9 Å². The molecule has 0 spiro atoms. The van der Waals surface area contributed by atoms with Crippen molar-refractivity contribution in [2.75, 3.05) is 18.5 Å². The maximum atomic E-state index is 5.51. The maximum Gasteiger partial charge on any atom is 0.227 e. The van der Waals surface area contributed by atoms with Crippen LogP contribution in [0, 0.1) is 0 Å². The molecule has 1 aromatic carbocycles. The number of hydrogen-bond acceptors (Lipinski definition) is 5. The Morgan fingerprint density at radius 2 is 1.78 bits per heavy atom. The number of hydrogen-bond donors (Lipinski definition) is 1. The maximum absolute atomic E-state index is 5.51. The minimum atomic E-state index is 0.537. The second-order valence-corrected chi connectivity index (χ2v) is 4.62. The smallest absolute Gasteiger partial charge is 0.227 e. The summed E-state index contributed by atoms with van der Waals surface area (Å²) >= 11 is 3.29. The van der Waals surface area contributed by atoms with E-state index in [9.17, 15) is 0 Å². The van der Waals surface area contributed by atoms with Crippen LogP contribution < -0.4 is 14.8 Å². The average Bonchev–Trinajstić information content (AvgIpc) is 2.41. The number of anilines is 2. The predicted molar refractivity (Wildman–Crippen MR) is 70.4 cm³/mol. The molecule has 0 saturated heterocycles. The van der Waals surface area contributed by atoms with Gasteiger partial charge in [0.05, 0.1) is 4.47 Å². The largest absolute Gasteiger partial charge is 0.486 e. The molecule has 2 aromatic rings. The predicted octanol–water partition coefficient (Wildman–Crippen LogP) is 2.75. The van der Waals surface area contributed by atoms with Crippen molar-refractivity contribution in [1.82, 2.24) is 9.97 Å². The van der Waals surface area contributed by atoms with E-state index in [1.807, 2.05) is 18.2 Å². The molecule has 0 atom stereocenters. The van der Waals surface area contributed by atoms with Crippen molar-refractivity contribution in [3.63, 3.8) is 0 Å². The third kappa shape index (κ3) is 2.38. The molecule has 18 heavy (non-hydrogen) atoms. The Morgan fingerprint density at radius 3 is 2.56 bits per heavy atom. The Morgan fingerprint density at radius 1 is 1.06 bits per heavy atom. The van der Waals surface area contributed by atoms with Crippen LogP contribution in [0.5, 0.6) is 11.5 Å². The summed E-state index contributed by atoms with van der Waals surface area (Å²) in [6.07, 6.45) is 3.38. The van der Waals surface area contributed by atoms with E-state index in [-0.39, 0.29) is 0 Å². The van der Waals surface area contributed by atoms with Crippen molar-refractivity contribution in [2.45, 2.75) is 0 Å². The molecule has 6 heteroatoms. The van der Waals surface area contributed by atoms with Crippen molar-refractivity contribution in [2.24, 2.45) is 0 Å². The number of nitrogens with zero attached hydrogens (tertiary/aromatic N) is 2. The summed E-state index contributed by atoms with van der Waals surface area (Å²) in [5.74, 6) is 2.04. The Kier molecular flexibility index (Phi) is 3.02. The van der Waals surface area contributed by atoms with Gasteiger partial charge in [-0.2, -0.15) is 0 Å². The van der Waals surface area contributed by atoms with Crippen molar-refractivity contribution < 1.29 is 9.47 Å². The molecule has 1 N–H and O–H groups in total. The molecular formula is C12H10BrN3O2. The average molecular weight is 308 g/mol. The molecular weight excluding hydrogens is 298 g/mol. The highest BCUT2D eigenvalue weighted by atomic mass is 79.9. The zero-order valence-corrected chi connectivity index (χ0v) is 11.0. The fourth-order valence-corrected chi connectivity index (χ4v) is 1.83. The van der Waals surface area contributed by atoms with E-state index in [1.165, 1.54) is 0 Å². The second kappa shape index (κ2) is 4.81. The van der Waals surface area contributed by atoms with Crippen LogP contribution in [-0.4, -0.2) is 23.2 Å². The summed E-state index contributed by atoms with van der Waals surface area (Å²) in [4.78, 5) is 8.29. The van der Waals surface area contributed by atoms with E-state index < -0.39 is 0 Å². The summed E-state index contributed by atoms with van der Waals surface area (Å²) in [7, 11) is 0. The quantitative estimate of drug-likeness (QED) is 0.924. The molecule has 0 bridgehead atoms. The monoisotopic (exact) mass is 307 g/mol. The first kappa shape index (κ1) is 11.3. The van der Waals surface area contributed by atoms with Gasteiger partial charge in [0.2, 0.25) is 5.95 Å². The summed E-state index contributed by atoms with van der Waals surface area (Å²) in [6.45, 7) is 1.17. The molecule has 92 valence electrons. The van der Waals surface area contributed by atoms with Gasteiger partial charge < -0.3 is 14.8 Å². The van der Waals surface area contributed by atoms with Gasteiger partial charge >= 0.3 is 0 Å². The fraction of sp³-hybridized carbons (Fsp3) is 0.167. The molecule has 0 fully saturated rings. The van der Waals surface area contributed by atoms with Gasteiger partial charge in [-0.3, -0.25) is 0 Å². The first-order valence-electron chi connectivity index (χ1n) is 5.45. The second-order valence-electron chi connectivity index (χ2n) is 3.71. The Hall–Kier alpha value is -1.82. The van der Waals surface area contributed by atoms with Crippen LogP contribution in [-0.2, 0) is 0 Å². The number of rotatable bonds is 2. The Balaban J connectivity index is 1.82. The van der Waals surface area contributed by atoms with Gasteiger partial charge in [-0.15, -0.1) is 0 Å². The zero-order chi connectivity index (χ0) is 12.4. The number of fused-ring (bicyclic) bond motifs is 1. The van der Waals surface area contributed by atoms with Gasteiger partial charge in [-0.1, -0.05) is 0 Å². The lowest BCUT2D eigenvalue weighted by Gasteiger charge is -2.18. The van der Waals surface area contributed by atoms with Crippen LogP contribution in [0.1, 0.15) is 0 Å². The summed E-state index contributed by atoms with van der Waals surface area (Å²) in [5.41, 5.74) is 0.863. The van der Waals surface area contributed by atoms with Crippen LogP contribution in [0.4, 0.5) is 11.6 Å². The highest BCUT2D eigenvalue weighted by Crippen LogP contribution is 2.33. The van der Waals surface area contributed by atoms with E-state index >= 15 is 0 Å². The summed E-state index contributed by atoms with van der Waals surface area (Å²) < 4.78 is 11.8. The van der Waals surface area contributed by atoms with Gasteiger partial charge in [-0.25, -0.2) is 9.97 Å². The molecule has 5 nitrogen and oxygen atoms in total. The number of ether oxygens (including phenoxy) is 2. The summed E-state index contributed by atoms with van der Waals surface area (Å²) in [6, 6.07) is 5.65. The van der Waals surface area contributed by atoms with E-state index in [0.29, 0.717) is 19.2 Å². The lowest BCUT2D eigenvalue weighted by Crippen LogP contribution is -2.15. The molecule has 0 aliphatic carbocycles. The number of nitrogens with one attached hydrogen (secondary N) is 1. The van der Waals surface area contributed by atoms with Crippen LogP contribution in [0.25, 0.3) is 0 Å². The standard InChI is InChI=1S/C12H10BrN3O2/c13-8-6-14-12(15-7-8)16-9-1-2-10-11(5-9)18-4-3-17-10/h1-2,5-7H,3-4H2,(H,14,15,16). The molecule has 1 aromatic heterocycles. The van der Waals surface area contributed by atoms with Gasteiger partial charge in [-0.05, 0) is 28.1 Å². The SMILES string of the molecule is Brc1cnc(Nc2ccc3c(c2)OCCO3)nc1. The molecule has 0 unspecified atom stereocenters. The lowest BCUT2D eigenvalue weighted by molar-refractivity contribution is 0.171. The zero-order valence-electron chi connectivity index (χ0n) is 9.39. The molecule has 0 radical (unpaired) electrons. The highest BCUT2D eigenvalue weighted by molar-refractivity contribution is 9.10. The fourth-order valence-electron chi connectivity index (χ4n) is 1.63. The number of benzene rings is 1. The minimum Gasteiger partial charge on any atom is -0.486 e. The normalized spacial score (nSPS) is 13.2.